The van der Waals surface area contributed by atoms with Gasteiger partial charge in [0.2, 0.25) is 0 Å². The van der Waals surface area contributed by atoms with Crippen LogP contribution in [0.25, 0.3) is 0 Å². The summed E-state index contributed by atoms with van der Waals surface area (Å²) >= 11 is 0. The number of aromatic nitrogens is 2. The Hall–Kier alpha value is -1.99. The lowest BCUT2D eigenvalue weighted by atomic mass is 10.3. The fourth-order valence-corrected chi connectivity index (χ4v) is 2.53. The van der Waals surface area contributed by atoms with Gasteiger partial charge in [-0.05, 0) is 6.42 Å². The summed E-state index contributed by atoms with van der Waals surface area (Å²) in [6.45, 7) is 4.91. The van der Waals surface area contributed by atoms with E-state index in [1.807, 2.05) is 4.90 Å². The van der Waals surface area contributed by atoms with Crippen LogP contribution in [0.3, 0.4) is 0 Å². The molecule has 1 saturated heterocycles. The summed E-state index contributed by atoms with van der Waals surface area (Å²) in [5.74, 6) is 1.52. The van der Waals surface area contributed by atoms with Crippen molar-refractivity contribution in [1.29, 1.82) is 0 Å². The Morgan fingerprint density at radius 2 is 1.86 bits per heavy atom. The summed E-state index contributed by atoms with van der Waals surface area (Å²) in [5.41, 5.74) is -0.222. The molecule has 6 nitrogen and oxygen atoms in total. The number of nitrogens with one attached hydrogen (secondary N) is 1. The molecule has 0 radical (unpaired) electrons. The van der Waals surface area contributed by atoms with Crippen LogP contribution in [0.1, 0.15) is 18.5 Å². The van der Waals surface area contributed by atoms with Gasteiger partial charge < -0.3 is 15.1 Å². The topological polar surface area (TPSA) is 56.6 Å². The van der Waals surface area contributed by atoms with Crippen molar-refractivity contribution in [1.82, 2.24) is 20.2 Å². The predicted molar refractivity (Wildman–Crippen MR) is 75.7 cm³/mol. The number of nitrogens with zero attached hydrogens (tertiary/aromatic N) is 5. The third-order valence-electron chi connectivity index (χ3n) is 3.68. The molecule has 1 N–H and O–H groups in total. The second-order valence-corrected chi connectivity index (χ2v) is 5.06. The first-order valence-corrected chi connectivity index (χ1v) is 7.12. The van der Waals surface area contributed by atoms with Gasteiger partial charge in [-0.15, -0.1) is 0 Å². The van der Waals surface area contributed by atoms with Gasteiger partial charge in [-0.1, -0.05) is 0 Å². The van der Waals surface area contributed by atoms with E-state index in [9.17, 15) is 8.78 Å². The van der Waals surface area contributed by atoms with Crippen LogP contribution in [0.5, 0.6) is 0 Å². The van der Waals surface area contributed by atoms with E-state index in [-0.39, 0.29) is 5.69 Å². The standard InChI is InChI=1S/C13H18F2N6/c14-12(15)10-8-11(19-9-18-10)20-4-6-21(7-5-20)13-16-2-1-3-17-13/h8-9,12H,1-7H2,(H,16,17). The molecule has 3 rings (SSSR count). The van der Waals surface area contributed by atoms with Gasteiger partial charge in [0.15, 0.2) is 5.96 Å². The average molecular weight is 296 g/mol. The highest BCUT2D eigenvalue weighted by molar-refractivity contribution is 5.80. The van der Waals surface area contributed by atoms with Gasteiger partial charge in [0.1, 0.15) is 17.8 Å². The van der Waals surface area contributed by atoms with Crippen LogP contribution in [0.2, 0.25) is 0 Å². The minimum absolute atomic E-state index is 0.222. The van der Waals surface area contributed by atoms with E-state index in [2.05, 4.69) is 25.2 Å². The van der Waals surface area contributed by atoms with Crippen molar-refractivity contribution in [3.05, 3.63) is 18.1 Å². The number of hydrogen-bond acceptors (Lipinski definition) is 6. The minimum atomic E-state index is -2.56. The van der Waals surface area contributed by atoms with Crippen molar-refractivity contribution in [3.8, 4) is 0 Å². The lowest BCUT2D eigenvalue weighted by molar-refractivity contribution is 0.146. The van der Waals surface area contributed by atoms with Crippen molar-refractivity contribution in [2.75, 3.05) is 44.2 Å². The van der Waals surface area contributed by atoms with Gasteiger partial charge in [0.25, 0.3) is 6.43 Å². The van der Waals surface area contributed by atoms with E-state index < -0.39 is 6.43 Å². The first-order chi connectivity index (χ1) is 10.2. The van der Waals surface area contributed by atoms with E-state index in [0.717, 1.165) is 51.6 Å². The first-order valence-electron chi connectivity index (χ1n) is 7.12. The highest BCUT2D eigenvalue weighted by atomic mass is 19.3. The molecule has 21 heavy (non-hydrogen) atoms. The molecule has 114 valence electrons. The third kappa shape index (κ3) is 3.20. The molecule has 2 aliphatic rings. The molecule has 0 aliphatic carbocycles. The van der Waals surface area contributed by atoms with Crippen molar-refractivity contribution >= 4 is 11.8 Å². The number of alkyl halides is 2. The Bertz CT molecular complexity index is 513. The third-order valence-corrected chi connectivity index (χ3v) is 3.68. The molecule has 1 fully saturated rings. The van der Waals surface area contributed by atoms with Gasteiger partial charge in [0.05, 0.1) is 0 Å². The van der Waals surface area contributed by atoms with Crippen LogP contribution in [-0.4, -0.2) is 60.1 Å². The maximum atomic E-state index is 12.7. The molecular weight excluding hydrogens is 278 g/mol. The number of aliphatic imine (C=N–C) groups is 1. The van der Waals surface area contributed by atoms with Crippen molar-refractivity contribution < 1.29 is 8.78 Å². The Balaban J connectivity index is 1.63. The van der Waals surface area contributed by atoms with E-state index in [4.69, 9.17) is 0 Å². The molecule has 0 bridgehead atoms. The molecule has 0 spiro atoms. The van der Waals surface area contributed by atoms with Gasteiger partial charge >= 0.3 is 0 Å². The van der Waals surface area contributed by atoms with Crippen LogP contribution in [-0.2, 0) is 0 Å². The minimum Gasteiger partial charge on any atom is -0.356 e. The fraction of sp³-hybridized carbons (Fsp3) is 0.615. The fourth-order valence-electron chi connectivity index (χ4n) is 2.53. The van der Waals surface area contributed by atoms with Crippen LogP contribution >= 0.6 is 0 Å². The number of rotatable bonds is 2. The van der Waals surface area contributed by atoms with Crippen molar-refractivity contribution in [2.45, 2.75) is 12.8 Å². The molecule has 0 atom stereocenters. The van der Waals surface area contributed by atoms with Crippen LogP contribution in [0.15, 0.2) is 17.4 Å². The summed E-state index contributed by atoms with van der Waals surface area (Å²) in [4.78, 5) is 16.4. The zero-order valence-corrected chi connectivity index (χ0v) is 11.7. The smallest absolute Gasteiger partial charge is 0.280 e. The average Bonchev–Trinajstić information content (AvgIpc) is 2.56. The van der Waals surface area contributed by atoms with Crippen LogP contribution in [0, 0.1) is 0 Å². The quantitative estimate of drug-likeness (QED) is 0.878. The molecule has 1 aromatic heterocycles. The van der Waals surface area contributed by atoms with E-state index in [1.54, 1.807) is 0 Å². The zero-order valence-electron chi connectivity index (χ0n) is 11.7. The van der Waals surface area contributed by atoms with E-state index in [0.29, 0.717) is 5.82 Å². The van der Waals surface area contributed by atoms with Gasteiger partial charge in [-0.3, -0.25) is 4.99 Å². The molecule has 2 aliphatic heterocycles. The lowest BCUT2D eigenvalue weighted by Gasteiger charge is -2.37. The number of halogens is 2. The Morgan fingerprint density at radius 1 is 1.10 bits per heavy atom. The molecule has 0 aromatic carbocycles. The van der Waals surface area contributed by atoms with Crippen molar-refractivity contribution in [3.63, 3.8) is 0 Å². The number of hydrogen-bond donors (Lipinski definition) is 1. The molecule has 1 aromatic rings. The number of anilines is 1. The van der Waals surface area contributed by atoms with E-state index in [1.165, 1.54) is 12.4 Å². The molecule has 3 heterocycles. The predicted octanol–water partition coefficient (Wildman–Crippen LogP) is 0.885. The summed E-state index contributed by atoms with van der Waals surface area (Å²) < 4.78 is 25.4. The highest BCUT2D eigenvalue weighted by Gasteiger charge is 2.22. The number of guanidine groups is 1. The summed E-state index contributed by atoms with van der Waals surface area (Å²) in [5, 5.41) is 3.30. The zero-order chi connectivity index (χ0) is 14.7. The second kappa shape index (κ2) is 6.19. The Morgan fingerprint density at radius 3 is 2.52 bits per heavy atom. The molecule has 0 unspecified atom stereocenters. The summed E-state index contributed by atoms with van der Waals surface area (Å²) in [6, 6.07) is 1.37. The lowest BCUT2D eigenvalue weighted by Crippen LogP contribution is -2.53. The first kappa shape index (κ1) is 14.0. The van der Waals surface area contributed by atoms with Crippen LogP contribution in [0.4, 0.5) is 14.6 Å². The van der Waals surface area contributed by atoms with E-state index >= 15 is 0 Å². The molecular formula is C13H18F2N6. The SMILES string of the molecule is FC(F)c1cc(N2CCN(C3=NCCCN3)CC2)ncn1. The van der Waals surface area contributed by atoms with Crippen LogP contribution < -0.4 is 10.2 Å². The largest absolute Gasteiger partial charge is 0.356 e. The highest BCUT2D eigenvalue weighted by Crippen LogP contribution is 2.20. The molecule has 8 heteroatoms. The van der Waals surface area contributed by atoms with Crippen molar-refractivity contribution in [2.24, 2.45) is 4.99 Å². The normalized spacial score (nSPS) is 19.5. The molecule has 0 saturated carbocycles. The number of piperazine rings is 1. The summed E-state index contributed by atoms with van der Waals surface area (Å²) in [7, 11) is 0. The van der Waals surface area contributed by atoms with Gasteiger partial charge in [0, 0.05) is 45.3 Å². The van der Waals surface area contributed by atoms with Gasteiger partial charge in [-0.2, -0.15) is 0 Å². The maximum absolute atomic E-state index is 12.7. The Kier molecular flexibility index (Phi) is 4.12. The monoisotopic (exact) mass is 296 g/mol. The molecule has 0 amide bonds. The second-order valence-electron chi connectivity index (χ2n) is 5.06. The van der Waals surface area contributed by atoms with Gasteiger partial charge in [-0.25, -0.2) is 18.7 Å². The maximum Gasteiger partial charge on any atom is 0.280 e. The summed E-state index contributed by atoms with van der Waals surface area (Å²) in [6.07, 6.45) is -0.287. The Labute approximate surface area is 121 Å².